The topological polar surface area (TPSA) is 65.9 Å². The van der Waals surface area contributed by atoms with Crippen molar-refractivity contribution in [3.05, 3.63) is 53.4 Å². The molecule has 2 aliphatic heterocycles. The number of fused-ring (bicyclic) bond motifs is 2. The number of hydrogen-bond donors (Lipinski definition) is 1. The van der Waals surface area contributed by atoms with Crippen LogP contribution in [0.2, 0.25) is 0 Å². The summed E-state index contributed by atoms with van der Waals surface area (Å²) in [5.74, 6) is 0. The summed E-state index contributed by atoms with van der Waals surface area (Å²) in [5.41, 5.74) is 7.16. The predicted octanol–water partition coefficient (Wildman–Crippen LogP) is 2.63. The van der Waals surface area contributed by atoms with Gasteiger partial charge in [0.2, 0.25) is 0 Å². The fraction of sp³-hybridized carbons (Fsp3) is 0.353. The number of hydrogen-bond acceptors (Lipinski definition) is 4. The van der Waals surface area contributed by atoms with Crippen molar-refractivity contribution in [2.75, 3.05) is 6.54 Å². The largest absolute Gasteiger partial charge is 0.393 e. The van der Waals surface area contributed by atoms with Gasteiger partial charge in [-0.2, -0.15) is 5.26 Å². The molecule has 2 unspecified atom stereocenters. The molecule has 1 saturated heterocycles. The Bertz CT molecular complexity index is 720. The standard InChI is InChI=1S/C17H17ClN4S/c1-11(18)10-22-14-2-3-15(22)6-17(5-14,16(20)23)13-4-12(7-19)8-21-9-13/h2-4,8-9,14-15H,1,5-6,10H2,(H2,20,23). The van der Waals surface area contributed by atoms with Crippen molar-refractivity contribution in [3.8, 4) is 6.07 Å². The SMILES string of the molecule is C=C(Cl)CN1C2C=CC1CC(C(N)=S)(c1cncc(C#N)c1)C2. The first-order valence-corrected chi connectivity index (χ1v) is 8.18. The van der Waals surface area contributed by atoms with Gasteiger partial charge in [0.25, 0.3) is 0 Å². The van der Waals surface area contributed by atoms with Crippen molar-refractivity contribution in [2.24, 2.45) is 5.73 Å². The van der Waals surface area contributed by atoms with Crippen molar-refractivity contribution in [2.45, 2.75) is 30.3 Å². The lowest BCUT2D eigenvalue weighted by Gasteiger charge is -2.46. The molecule has 4 nitrogen and oxygen atoms in total. The molecule has 1 aromatic rings. The van der Waals surface area contributed by atoms with E-state index in [9.17, 15) is 0 Å². The van der Waals surface area contributed by atoms with Gasteiger partial charge in [0, 0.05) is 36.1 Å². The van der Waals surface area contributed by atoms with Crippen molar-refractivity contribution >= 4 is 28.8 Å². The number of thiocarbonyl (C=S) groups is 1. The van der Waals surface area contributed by atoms with Crippen LogP contribution in [0.3, 0.4) is 0 Å². The first-order valence-electron chi connectivity index (χ1n) is 7.39. The maximum atomic E-state index is 9.14. The van der Waals surface area contributed by atoms with E-state index < -0.39 is 5.41 Å². The van der Waals surface area contributed by atoms with Gasteiger partial charge >= 0.3 is 0 Å². The van der Waals surface area contributed by atoms with E-state index in [0.717, 1.165) is 18.4 Å². The fourth-order valence-electron chi connectivity index (χ4n) is 3.67. The minimum Gasteiger partial charge on any atom is -0.393 e. The summed E-state index contributed by atoms with van der Waals surface area (Å²) in [7, 11) is 0. The molecule has 3 rings (SSSR count). The number of halogens is 1. The van der Waals surface area contributed by atoms with Crippen LogP contribution in [-0.2, 0) is 5.41 Å². The Morgan fingerprint density at radius 2 is 2.13 bits per heavy atom. The van der Waals surface area contributed by atoms with Gasteiger partial charge in [-0.15, -0.1) is 0 Å². The molecule has 0 amide bonds. The van der Waals surface area contributed by atoms with Gasteiger partial charge in [-0.05, 0) is 24.5 Å². The van der Waals surface area contributed by atoms with Gasteiger partial charge in [-0.1, -0.05) is 42.5 Å². The smallest absolute Gasteiger partial charge is 0.101 e. The van der Waals surface area contributed by atoms with Crippen molar-refractivity contribution in [3.63, 3.8) is 0 Å². The summed E-state index contributed by atoms with van der Waals surface area (Å²) >= 11 is 11.4. The zero-order valence-corrected chi connectivity index (χ0v) is 14.1. The van der Waals surface area contributed by atoms with Gasteiger partial charge in [0.05, 0.1) is 16.0 Å². The summed E-state index contributed by atoms with van der Waals surface area (Å²) in [6.45, 7) is 4.44. The third kappa shape index (κ3) is 2.78. The van der Waals surface area contributed by atoms with Crippen molar-refractivity contribution < 1.29 is 0 Å². The summed E-state index contributed by atoms with van der Waals surface area (Å²) in [4.78, 5) is 6.96. The normalized spacial score (nSPS) is 29.2. The second-order valence-electron chi connectivity index (χ2n) is 6.14. The number of rotatable bonds is 4. The van der Waals surface area contributed by atoms with Crippen LogP contribution in [0, 0.1) is 11.3 Å². The van der Waals surface area contributed by atoms with Crippen molar-refractivity contribution in [1.29, 1.82) is 5.26 Å². The molecule has 0 radical (unpaired) electrons. The number of pyridine rings is 1. The molecule has 0 spiro atoms. The molecule has 118 valence electrons. The van der Waals surface area contributed by atoms with Crippen LogP contribution in [0.15, 0.2) is 42.2 Å². The molecule has 1 fully saturated rings. The zero-order chi connectivity index (χ0) is 16.6. The molecule has 0 aromatic carbocycles. The highest BCUT2D eigenvalue weighted by Gasteiger charge is 2.48. The van der Waals surface area contributed by atoms with Crippen LogP contribution < -0.4 is 5.73 Å². The van der Waals surface area contributed by atoms with E-state index in [4.69, 9.17) is 34.8 Å². The molecule has 2 bridgehead atoms. The lowest BCUT2D eigenvalue weighted by atomic mass is 9.69. The third-order valence-electron chi connectivity index (χ3n) is 4.77. The first kappa shape index (κ1) is 16.1. The monoisotopic (exact) mass is 344 g/mol. The molecule has 3 heterocycles. The van der Waals surface area contributed by atoms with E-state index in [-0.39, 0.29) is 12.1 Å². The number of piperidine rings is 1. The number of nitrogens with two attached hydrogens (primary N) is 1. The fourth-order valence-corrected chi connectivity index (χ4v) is 4.09. The minimum atomic E-state index is -0.446. The Balaban J connectivity index is 1.98. The molecule has 2 aliphatic rings. The molecular formula is C17H17ClN4S. The van der Waals surface area contributed by atoms with E-state index in [0.29, 0.717) is 22.1 Å². The van der Waals surface area contributed by atoms with E-state index in [1.807, 2.05) is 6.07 Å². The van der Waals surface area contributed by atoms with Gasteiger partial charge < -0.3 is 5.73 Å². The van der Waals surface area contributed by atoms with Gasteiger partial charge in [0.1, 0.15) is 6.07 Å². The van der Waals surface area contributed by atoms with Gasteiger partial charge in [-0.25, -0.2) is 0 Å². The molecule has 2 N–H and O–H groups in total. The summed E-state index contributed by atoms with van der Waals surface area (Å²) in [6.07, 6.45) is 9.22. The third-order valence-corrected chi connectivity index (χ3v) is 5.28. The Hall–Kier alpha value is -1.74. The van der Waals surface area contributed by atoms with Gasteiger partial charge in [0.15, 0.2) is 0 Å². The van der Waals surface area contributed by atoms with Crippen LogP contribution in [0.4, 0.5) is 0 Å². The first-order chi connectivity index (χ1) is 11.0. The average molecular weight is 345 g/mol. The average Bonchev–Trinajstić information content (AvgIpc) is 2.76. The Morgan fingerprint density at radius 3 is 2.65 bits per heavy atom. The Labute approximate surface area is 146 Å². The van der Waals surface area contributed by atoms with Crippen LogP contribution in [0.25, 0.3) is 0 Å². The highest BCUT2D eigenvalue weighted by Crippen LogP contribution is 2.45. The highest BCUT2D eigenvalue weighted by molar-refractivity contribution is 7.80. The van der Waals surface area contributed by atoms with Crippen LogP contribution in [-0.4, -0.2) is 33.5 Å². The van der Waals surface area contributed by atoms with Crippen LogP contribution in [0.1, 0.15) is 24.0 Å². The van der Waals surface area contributed by atoms with Crippen molar-refractivity contribution in [1.82, 2.24) is 9.88 Å². The van der Waals surface area contributed by atoms with Crippen LogP contribution >= 0.6 is 23.8 Å². The predicted molar refractivity (Wildman–Crippen MR) is 95.1 cm³/mol. The van der Waals surface area contributed by atoms with Crippen LogP contribution in [0.5, 0.6) is 0 Å². The molecule has 0 aliphatic carbocycles. The lowest BCUT2D eigenvalue weighted by Crippen LogP contribution is -2.55. The lowest BCUT2D eigenvalue weighted by molar-refractivity contribution is 0.137. The number of nitriles is 1. The maximum absolute atomic E-state index is 9.14. The molecule has 0 saturated carbocycles. The highest BCUT2D eigenvalue weighted by atomic mass is 35.5. The quantitative estimate of drug-likeness (QED) is 0.672. The molecule has 23 heavy (non-hydrogen) atoms. The summed E-state index contributed by atoms with van der Waals surface area (Å²) < 4.78 is 0. The van der Waals surface area contributed by atoms with E-state index in [1.54, 1.807) is 12.4 Å². The Morgan fingerprint density at radius 1 is 1.48 bits per heavy atom. The number of aromatic nitrogens is 1. The minimum absolute atomic E-state index is 0.205. The maximum Gasteiger partial charge on any atom is 0.101 e. The zero-order valence-electron chi connectivity index (χ0n) is 12.6. The summed E-state index contributed by atoms with van der Waals surface area (Å²) in [6, 6.07) is 4.39. The molecule has 1 aromatic heterocycles. The second kappa shape index (κ2) is 6.04. The molecule has 2 atom stereocenters. The molecule has 6 heteroatoms. The van der Waals surface area contributed by atoms with E-state index in [1.165, 1.54) is 0 Å². The van der Waals surface area contributed by atoms with E-state index >= 15 is 0 Å². The number of nitrogens with zero attached hydrogens (tertiary/aromatic N) is 3. The second-order valence-corrected chi connectivity index (χ2v) is 7.11. The van der Waals surface area contributed by atoms with E-state index in [2.05, 4.69) is 34.7 Å². The Kier molecular flexibility index (Phi) is 4.24. The van der Waals surface area contributed by atoms with Gasteiger partial charge in [-0.3, -0.25) is 9.88 Å². The summed E-state index contributed by atoms with van der Waals surface area (Å²) in [5, 5.41) is 9.77. The molecular weight excluding hydrogens is 328 g/mol.